The third-order valence-electron chi connectivity index (χ3n) is 9.80. The van der Waals surface area contributed by atoms with Crippen molar-refractivity contribution in [2.45, 2.75) is 12.8 Å². The maximum Gasteiger partial charge on any atom is 0.136 e. The van der Waals surface area contributed by atoms with Gasteiger partial charge in [0.1, 0.15) is 11.2 Å². The van der Waals surface area contributed by atoms with E-state index >= 15 is 0 Å². The molecule has 0 fully saturated rings. The van der Waals surface area contributed by atoms with Crippen LogP contribution in [0, 0.1) is 0 Å². The Balaban J connectivity index is 1.29. The van der Waals surface area contributed by atoms with Gasteiger partial charge in [-0.15, -0.1) is 0 Å². The van der Waals surface area contributed by atoms with E-state index < -0.39 is 0 Å². The molecule has 0 aliphatic heterocycles. The highest BCUT2D eigenvalue weighted by Crippen LogP contribution is 2.48. The molecular weight excluding hydrogens is 544 g/mol. The molecule has 0 spiro atoms. The topological polar surface area (TPSA) is 13.1 Å². The van der Waals surface area contributed by atoms with Crippen molar-refractivity contribution >= 4 is 70.6 Å². The normalized spacial score (nSPS) is 13.6. The smallest absolute Gasteiger partial charge is 0.136 e. The van der Waals surface area contributed by atoms with Gasteiger partial charge in [-0.05, 0) is 120 Å². The van der Waals surface area contributed by atoms with Gasteiger partial charge in [-0.1, -0.05) is 115 Å². The van der Waals surface area contributed by atoms with Crippen LogP contribution in [0.4, 0.5) is 0 Å². The molecule has 0 amide bonds. The lowest BCUT2D eigenvalue weighted by Gasteiger charge is -2.19. The van der Waals surface area contributed by atoms with Crippen LogP contribution in [0.1, 0.15) is 18.4 Å². The van der Waals surface area contributed by atoms with E-state index in [4.69, 9.17) is 4.42 Å². The minimum atomic E-state index is 0.945. The molecule has 1 aliphatic carbocycles. The number of furan rings is 1. The van der Waals surface area contributed by atoms with Gasteiger partial charge >= 0.3 is 0 Å². The van der Waals surface area contributed by atoms with Gasteiger partial charge in [0.2, 0.25) is 0 Å². The highest BCUT2D eigenvalue weighted by molar-refractivity contribution is 6.29. The van der Waals surface area contributed by atoms with Gasteiger partial charge < -0.3 is 4.42 Å². The zero-order valence-electron chi connectivity index (χ0n) is 24.7. The van der Waals surface area contributed by atoms with Crippen molar-refractivity contribution in [2.75, 3.05) is 0 Å². The second-order valence-corrected chi connectivity index (χ2v) is 12.3. The summed E-state index contributed by atoms with van der Waals surface area (Å²) in [7, 11) is 0. The first-order valence-corrected chi connectivity index (χ1v) is 15.8. The first-order chi connectivity index (χ1) is 22.3. The average Bonchev–Trinajstić information content (AvgIpc) is 3.50. The largest absolute Gasteiger partial charge is 0.456 e. The van der Waals surface area contributed by atoms with E-state index in [-0.39, 0.29) is 0 Å². The molecule has 1 aliphatic rings. The summed E-state index contributed by atoms with van der Waals surface area (Å²) in [5, 5.41) is 12.5. The molecule has 45 heavy (non-hydrogen) atoms. The first kappa shape index (κ1) is 24.7. The van der Waals surface area contributed by atoms with E-state index in [1.165, 1.54) is 87.3 Å². The van der Waals surface area contributed by atoms with Crippen LogP contribution in [0.25, 0.3) is 92.9 Å². The quantitative estimate of drug-likeness (QED) is 0.152. The van der Waals surface area contributed by atoms with Crippen molar-refractivity contribution in [3.63, 3.8) is 0 Å². The van der Waals surface area contributed by atoms with Gasteiger partial charge in [-0.25, -0.2) is 0 Å². The minimum absolute atomic E-state index is 0.945. The van der Waals surface area contributed by atoms with Gasteiger partial charge in [-0.3, -0.25) is 0 Å². The zero-order chi connectivity index (χ0) is 29.5. The van der Waals surface area contributed by atoms with Gasteiger partial charge in [0.05, 0.1) is 0 Å². The molecule has 210 valence electrons. The number of benzene rings is 8. The molecule has 9 aromatic rings. The highest BCUT2D eigenvalue weighted by atomic mass is 16.3. The first-order valence-electron chi connectivity index (χ1n) is 15.8. The van der Waals surface area contributed by atoms with Crippen molar-refractivity contribution in [2.24, 2.45) is 0 Å². The molecule has 0 N–H and O–H groups in total. The summed E-state index contributed by atoms with van der Waals surface area (Å²) in [6.45, 7) is 0. The Morgan fingerprint density at radius 2 is 1.09 bits per heavy atom. The number of hydrogen-bond donors (Lipinski definition) is 0. The fraction of sp³-hybridized carbons (Fsp3) is 0.0455. The predicted molar refractivity (Wildman–Crippen MR) is 192 cm³/mol. The lowest BCUT2D eigenvalue weighted by atomic mass is 9.83. The molecule has 1 aromatic heterocycles. The monoisotopic (exact) mass is 572 g/mol. The summed E-state index contributed by atoms with van der Waals surface area (Å²) in [5.41, 5.74) is 9.56. The van der Waals surface area contributed by atoms with Gasteiger partial charge in [0.25, 0.3) is 0 Å². The summed E-state index contributed by atoms with van der Waals surface area (Å²) in [5.74, 6) is 0. The number of hydrogen-bond acceptors (Lipinski definition) is 1. The van der Waals surface area contributed by atoms with E-state index in [9.17, 15) is 0 Å². The average molecular weight is 573 g/mol. The van der Waals surface area contributed by atoms with Crippen molar-refractivity contribution < 1.29 is 4.42 Å². The fourth-order valence-corrected chi connectivity index (χ4v) is 7.82. The molecule has 0 saturated carbocycles. The summed E-state index contributed by atoms with van der Waals surface area (Å²) >= 11 is 0. The molecule has 1 heteroatoms. The van der Waals surface area contributed by atoms with Crippen LogP contribution < -0.4 is 0 Å². The Morgan fingerprint density at radius 3 is 1.82 bits per heavy atom. The summed E-state index contributed by atoms with van der Waals surface area (Å²) in [6, 6.07) is 47.0. The standard InChI is InChI=1S/C44H28O/c1-2-10-27(11-3-1)29-22-20-28-21-23-31(25-32(28)24-29)41-33-13-4-6-15-35(33)43(36-16-7-5-14-34(36)41)38-26-30-12-8-18-39-42(30)44-37(38)17-9-19-40(44)45-39/h2,4-26H,1,3H2. The SMILES string of the molecule is C1=CC(c2ccc3ccc(-c4c5ccccc5c(-c5cc6cccc7oc8cccc5c8c67)c5ccccc45)cc3c2)=CCC1. The van der Waals surface area contributed by atoms with E-state index in [0.29, 0.717) is 0 Å². The van der Waals surface area contributed by atoms with E-state index in [1.54, 1.807) is 0 Å². The molecule has 0 unspecified atom stereocenters. The Bertz CT molecular complexity index is 2640. The molecule has 8 aromatic carbocycles. The van der Waals surface area contributed by atoms with E-state index in [0.717, 1.165) is 24.0 Å². The molecule has 0 radical (unpaired) electrons. The number of fused-ring (bicyclic) bond motifs is 3. The maximum absolute atomic E-state index is 6.33. The van der Waals surface area contributed by atoms with E-state index in [1.807, 2.05) is 0 Å². The van der Waals surface area contributed by atoms with Crippen LogP contribution in [0.3, 0.4) is 0 Å². The lowest BCUT2D eigenvalue weighted by Crippen LogP contribution is -1.92. The van der Waals surface area contributed by atoms with Crippen LogP contribution in [0.15, 0.2) is 150 Å². The third kappa shape index (κ3) is 3.62. The Labute approximate surface area is 260 Å². The van der Waals surface area contributed by atoms with E-state index in [2.05, 4.69) is 146 Å². The van der Waals surface area contributed by atoms with Crippen molar-refractivity contribution in [1.82, 2.24) is 0 Å². The zero-order valence-corrected chi connectivity index (χ0v) is 24.7. The van der Waals surface area contributed by atoms with Gasteiger partial charge in [-0.2, -0.15) is 0 Å². The van der Waals surface area contributed by atoms with Crippen LogP contribution in [-0.2, 0) is 0 Å². The summed E-state index contributed by atoms with van der Waals surface area (Å²) < 4.78 is 6.33. The summed E-state index contributed by atoms with van der Waals surface area (Å²) in [6.07, 6.45) is 9.14. The van der Waals surface area contributed by atoms with Crippen LogP contribution in [0.5, 0.6) is 0 Å². The summed E-state index contributed by atoms with van der Waals surface area (Å²) in [4.78, 5) is 0. The Morgan fingerprint density at radius 1 is 0.444 bits per heavy atom. The third-order valence-corrected chi connectivity index (χ3v) is 9.80. The van der Waals surface area contributed by atoms with Crippen LogP contribution in [-0.4, -0.2) is 0 Å². The maximum atomic E-state index is 6.33. The fourth-order valence-electron chi connectivity index (χ4n) is 7.82. The Hall–Kier alpha value is -5.66. The molecular formula is C44H28O. The second-order valence-electron chi connectivity index (χ2n) is 12.3. The molecule has 10 rings (SSSR count). The van der Waals surface area contributed by atoms with Gasteiger partial charge in [0.15, 0.2) is 0 Å². The number of allylic oxidation sites excluding steroid dienone is 4. The Kier molecular flexibility index (Phi) is 5.18. The molecule has 0 saturated heterocycles. The molecule has 0 bridgehead atoms. The second kappa shape index (κ2) is 9.42. The van der Waals surface area contributed by atoms with Crippen LogP contribution >= 0.6 is 0 Å². The minimum Gasteiger partial charge on any atom is -0.456 e. The molecule has 1 nitrogen and oxygen atoms in total. The lowest BCUT2D eigenvalue weighted by molar-refractivity contribution is 0.669. The van der Waals surface area contributed by atoms with Crippen molar-refractivity contribution in [3.8, 4) is 22.3 Å². The van der Waals surface area contributed by atoms with Gasteiger partial charge in [0, 0.05) is 10.8 Å². The molecule has 1 heterocycles. The highest BCUT2D eigenvalue weighted by Gasteiger charge is 2.21. The predicted octanol–water partition coefficient (Wildman–Crippen LogP) is 12.7. The van der Waals surface area contributed by atoms with Crippen LogP contribution in [0.2, 0.25) is 0 Å². The van der Waals surface area contributed by atoms with Crippen molar-refractivity contribution in [3.05, 3.63) is 151 Å². The molecule has 0 atom stereocenters. The van der Waals surface area contributed by atoms with Crippen molar-refractivity contribution in [1.29, 1.82) is 0 Å². The number of rotatable bonds is 3.